The Kier molecular flexibility index (Phi) is 10.5. The van der Waals surface area contributed by atoms with Crippen LogP contribution in [0.4, 0.5) is 5.69 Å². The number of nitrogens with one attached hydrogen (secondary N) is 1. The highest BCUT2D eigenvalue weighted by atomic mass is 16.5. The van der Waals surface area contributed by atoms with Crippen molar-refractivity contribution >= 4 is 17.5 Å². The first-order valence-electron chi connectivity index (χ1n) is 15.3. The Bertz CT molecular complexity index is 1220. The Labute approximate surface area is 249 Å². The zero-order valence-corrected chi connectivity index (χ0v) is 25.0. The van der Waals surface area contributed by atoms with Gasteiger partial charge in [-0.05, 0) is 61.4 Å². The second-order valence-electron chi connectivity index (χ2n) is 11.7. The standard InChI is InChI=1S/C33H45N5O4/c1-36(16-13-28-8-3-4-14-35-28)29-10-11-31-27(19-29)21-34-22-33(40)37-17-12-25(26(23-37)7-6-18-42-31)20-32(39)38-15-5-9-30(38)24-41-2/h3-4,6-8,10-11,14,19,25-26,30,34H,5,9,12-13,15-18,20-24H2,1-2H3/b7-6-/t25-,26-,30+/m0/s1. The molecule has 0 saturated carbocycles. The molecule has 3 aliphatic rings. The maximum absolute atomic E-state index is 13.3. The maximum Gasteiger partial charge on any atom is 0.236 e. The summed E-state index contributed by atoms with van der Waals surface area (Å²) in [7, 11) is 3.78. The number of methoxy groups -OCH3 is 1. The predicted molar refractivity (Wildman–Crippen MR) is 163 cm³/mol. The van der Waals surface area contributed by atoms with Gasteiger partial charge in [-0.25, -0.2) is 0 Å². The highest BCUT2D eigenvalue weighted by molar-refractivity contribution is 5.79. The van der Waals surface area contributed by atoms with Crippen LogP contribution in [0.3, 0.4) is 0 Å². The summed E-state index contributed by atoms with van der Waals surface area (Å²) in [6.07, 6.45) is 10.3. The van der Waals surface area contributed by atoms with Gasteiger partial charge in [0, 0.05) is 82.9 Å². The number of carbonyl (C=O) groups excluding carboxylic acids is 2. The highest BCUT2D eigenvalue weighted by Gasteiger charge is 2.35. The highest BCUT2D eigenvalue weighted by Crippen LogP contribution is 2.31. The zero-order valence-electron chi connectivity index (χ0n) is 25.0. The van der Waals surface area contributed by atoms with Crippen molar-refractivity contribution in [2.45, 2.75) is 44.7 Å². The third-order valence-electron chi connectivity index (χ3n) is 8.88. The van der Waals surface area contributed by atoms with E-state index in [0.717, 1.165) is 61.5 Å². The number of carbonyl (C=O) groups is 2. The summed E-state index contributed by atoms with van der Waals surface area (Å²) in [5, 5.41) is 3.36. The van der Waals surface area contributed by atoms with Gasteiger partial charge < -0.3 is 29.5 Å². The van der Waals surface area contributed by atoms with Gasteiger partial charge in [-0.1, -0.05) is 18.2 Å². The average Bonchev–Trinajstić information content (AvgIpc) is 3.48. The van der Waals surface area contributed by atoms with Gasteiger partial charge >= 0.3 is 0 Å². The molecule has 4 heterocycles. The van der Waals surface area contributed by atoms with E-state index in [1.165, 1.54) is 0 Å². The molecule has 0 spiro atoms. The normalized spacial score (nSPS) is 23.7. The molecule has 1 aromatic carbocycles. The number of benzene rings is 1. The fourth-order valence-electron chi connectivity index (χ4n) is 6.42. The number of nitrogens with zero attached hydrogens (tertiary/aromatic N) is 4. The van der Waals surface area contributed by atoms with E-state index in [4.69, 9.17) is 9.47 Å². The van der Waals surface area contributed by atoms with Crippen LogP contribution in [-0.2, 0) is 27.3 Å². The van der Waals surface area contributed by atoms with E-state index >= 15 is 0 Å². The van der Waals surface area contributed by atoms with Crippen molar-refractivity contribution in [2.24, 2.45) is 11.8 Å². The minimum absolute atomic E-state index is 0.100. The number of amides is 2. The maximum atomic E-state index is 13.3. The molecule has 2 aromatic rings. The van der Waals surface area contributed by atoms with Crippen molar-refractivity contribution in [3.63, 3.8) is 0 Å². The molecule has 3 aliphatic heterocycles. The molecule has 226 valence electrons. The van der Waals surface area contributed by atoms with Gasteiger partial charge in [0.05, 0.1) is 19.2 Å². The van der Waals surface area contributed by atoms with Crippen molar-refractivity contribution in [2.75, 3.05) is 65.0 Å². The molecule has 2 saturated heterocycles. The van der Waals surface area contributed by atoms with Crippen molar-refractivity contribution in [3.8, 4) is 5.75 Å². The van der Waals surface area contributed by atoms with Gasteiger partial charge in [-0.15, -0.1) is 0 Å². The van der Waals surface area contributed by atoms with Crippen LogP contribution in [0.2, 0.25) is 0 Å². The Morgan fingerprint density at radius 3 is 2.93 bits per heavy atom. The Balaban J connectivity index is 1.24. The third kappa shape index (κ3) is 7.69. The number of rotatable bonds is 8. The minimum atomic E-state index is 0.100. The first-order valence-corrected chi connectivity index (χ1v) is 15.3. The second kappa shape index (κ2) is 14.6. The molecule has 5 rings (SSSR count). The first kappa shape index (κ1) is 30.0. The topological polar surface area (TPSA) is 87.2 Å². The number of anilines is 1. The number of aromatic nitrogens is 1. The van der Waals surface area contributed by atoms with E-state index < -0.39 is 0 Å². The average molecular weight is 576 g/mol. The van der Waals surface area contributed by atoms with E-state index in [9.17, 15) is 9.59 Å². The number of piperidine rings is 1. The molecule has 2 fully saturated rings. The SMILES string of the molecule is COC[C@H]1CCCN1C(=O)C[C@@H]1CCN2C[C@@H]1/C=C\COc1ccc(N(C)CCc3ccccn3)cc1CNCC2=O. The minimum Gasteiger partial charge on any atom is -0.489 e. The number of ether oxygens (including phenoxy) is 2. The molecular weight excluding hydrogens is 530 g/mol. The summed E-state index contributed by atoms with van der Waals surface area (Å²) < 4.78 is 11.6. The predicted octanol–water partition coefficient (Wildman–Crippen LogP) is 3.29. The lowest BCUT2D eigenvalue weighted by Crippen LogP contribution is -2.47. The molecule has 0 radical (unpaired) electrons. The van der Waals surface area contributed by atoms with E-state index in [0.29, 0.717) is 39.3 Å². The summed E-state index contributed by atoms with van der Waals surface area (Å²) in [6.45, 7) is 4.82. The molecule has 2 bridgehead atoms. The molecule has 2 amide bonds. The number of likely N-dealkylation sites (N-methyl/N-ethyl adjacent to an activating group) is 1. The van der Waals surface area contributed by atoms with Gasteiger partial charge in [0.1, 0.15) is 12.4 Å². The van der Waals surface area contributed by atoms with E-state index in [1.807, 2.05) is 40.3 Å². The van der Waals surface area contributed by atoms with Gasteiger partial charge in [0.15, 0.2) is 0 Å². The molecule has 9 nitrogen and oxygen atoms in total. The van der Waals surface area contributed by atoms with Crippen LogP contribution in [0.25, 0.3) is 0 Å². The lowest BCUT2D eigenvalue weighted by molar-refractivity contribution is -0.135. The smallest absolute Gasteiger partial charge is 0.236 e. The Morgan fingerprint density at radius 1 is 1.19 bits per heavy atom. The second-order valence-corrected chi connectivity index (χ2v) is 11.7. The summed E-state index contributed by atoms with van der Waals surface area (Å²) in [6, 6.07) is 12.4. The van der Waals surface area contributed by atoms with Crippen LogP contribution in [-0.4, -0.2) is 92.7 Å². The van der Waals surface area contributed by atoms with Crippen LogP contribution in [0.5, 0.6) is 5.75 Å². The molecule has 42 heavy (non-hydrogen) atoms. The summed E-state index contributed by atoms with van der Waals surface area (Å²) >= 11 is 0. The largest absolute Gasteiger partial charge is 0.489 e. The number of hydrogen-bond acceptors (Lipinski definition) is 7. The number of pyridine rings is 1. The molecule has 1 aromatic heterocycles. The van der Waals surface area contributed by atoms with Crippen molar-refractivity contribution in [1.29, 1.82) is 0 Å². The molecule has 9 heteroatoms. The van der Waals surface area contributed by atoms with Crippen LogP contribution < -0.4 is 15.0 Å². The number of likely N-dealkylation sites (tertiary alicyclic amines) is 1. The molecule has 0 unspecified atom stereocenters. The van der Waals surface area contributed by atoms with Crippen molar-refractivity contribution < 1.29 is 19.1 Å². The molecule has 3 atom stereocenters. The summed E-state index contributed by atoms with van der Waals surface area (Å²) in [4.78, 5) is 37.1. The molecular formula is C33H45N5O4. The van der Waals surface area contributed by atoms with Gasteiger partial charge in [-0.3, -0.25) is 14.6 Å². The fraction of sp³-hybridized carbons (Fsp3) is 0.545. The van der Waals surface area contributed by atoms with Gasteiger partial charge in [0.2, 0.25) is 11.8 Å². The zero-order chi connectivity index (χ0) is 29.3. The number of hydrogen-bond donors (Lipinski definition) is 1. The van der Waals surface area contributed by atoms with Crippen LogP contribution in [0.15, 0.2) is 54.7 Å². The van der Waals surface area contributed by atoms with E-state index in [2.05, 4.69) is 46.5 Å². The van der Waals surface area contributed by atoms with Crippen LogP contribution >= 0.6 is 0 Å². The lowest BCUT2D eigenvalue weighted by atomic mass is 9.82. The third-order valence-corrected chi connectivity index (χ3v) is 8.88. The summed E-state index contributed by atoms with van der Waals surface area (Å²) in [5.74, 6) is 1.45. The molecule has 0 aliphatic carbocycles. The Morgan fingerprint density at radius 2 is 2.10 bits per heavy atom. The van der Waals surface area contributed by atoms with Gasteiger partial charge in [-0.2, -0.15) is 0 Å². The number of fused-ring (bicyclic) bond motifs is 3. The van der Waals surface area contributed by atoms with Gasteiger partial charge in [0.25, 0.3) is 0 Å². The van der Waals surface area contributed by atoms with Crippen LogP contribution in [0, 0.1) is 11.8 Å². The monoisotopic (exact) mass is 575 g/mol. The Hall–Kier alpha value is -3.43. The fourth-order valence-corrected chi connectivity index (χ4v) is 6.42. The summed E-state index contributed by atoms with van der Waals surface area (Å²) in [5.41, 5.74) is 3.19. The van der Waals surface area contributed by atoms with Crippen LogP contribution in [0.1, 0.15) is 36.9 Å². The van der Waals surface area contributed by atoms with E-state index in [1.54, 1.807) is 7.11 Å². The lowest BCUT2D eigenvalue weighted by Gasteiger charge is -2.38. The first-order chi connectivity index (χ1) is 20.5. The van der Waals surface area contributed by atoms with Crippen molar-refractivity contribution in [1.82, 2.24) is 20.1 Å². The quantitative estimate of drug-likeness (QED) is 0.484. The van der Waals surface area contributed by atoms with Crippen molar-refractivity contribution in [3.05, 3.63) is 66.0 Å². The molecule has 1 N–H and O–H groups in total. The van der Waals surface area contributed by atoms with E-state index in [-0.39, 0.29) is 36.2 Å².